The molecule has 3 aromatic rings. The highest BCUT2D eigenvalue weighted by Gasteiger charge is 2.34. The van der Waals surface area contributed by atoms with Gasteiger partial charge >= 0.3 is 0 Å². The highest BCUT2D eigenvalue weighted by Crippen LogP contribution is 2.22. The highest BCUT2D eigenvalue weighted by atomic mass is 16.2. The Balaban J connectivity index is 1.28. The molecule has 0 bridgehead atoms. The number of fused-ring (bicyclic) bond motifs is 2. The van der Waals surface area contributed by atoms with Gasteiger partial charge in [-0.2, -0.15) is 0 Å². The molecular formula is C19H17N5O3. The van der Waals surface area contributed by atoms with E-state index in [0.717, 1.165) is 0 Å². The van der Waals surface area contributed by atoms with Crippen LogP contribution in [-0.4, -0.2) is 43.8 Å². The molecule has 8 heteroatoms. The van der Waals surface area contributed by atoms with Crippen molar-refractivity contribution in [1.29, 1.82) is 0 Å². The lowest BCUT2D eigenvalue weighted by atomic mass is 10.1. The van der Waals surface area contributed by atoms with Gasteiger partial charge in [-0.15, -0.1) is 10.2 Å². The van der Waals surface area contributed by atoms with Gasteiger partial charge in [0, 0.05) is 19.2 Å². The molecule has 8 nitrogen and oxygen atoms in total. The molecule has 0 atom stereocenters. The molecule has 27 heavy (non-hydrogen) atoms. The maximum Gasteiger partial charge on any atom is 0.261 e. The third-order valence-electron chi connectivity index (χ3n) is 4.49. The van der Waals surface area contributed by atoms with E-state index in [0.29, 0.717) is 29.0 Å². The fourth-order valence-electron chi connectivity index (χ4n) is 3.12. The molecule has 0 radical (unpaired) electrons. The standard InChI is InChI=1S/C19H17N5O3/c25-17(20-12-16-22-21-15-8-3-4-10-23(15)16)9-5-11-24-18(26)13-6-1-2-7-14(13)19(24)27/h1-4,6-8,10H,5,9,11-12H2,(H,20,25). The minimum absolute atomic E-state index is 0.167. The summed E-state index contributed by atoms with van der Waals surface area (Å²) in [4.78, 5) is 37.8. The molecular weight excluding hydrogens is 346 g/mol. The Morgan fingerprint density at radius 1 is 0.963 bits per heavy atom. The summed E-state index contributed by atoms with van der Waals surface area (Å²) in [5, 5.41) is 10.9. The van der Waals surface area contributed by atoms with Crippen molar-refractivity contribution in [1.82, 2.24) is 24.8 Å². The third kappa shape index (κ3) is 3.17. The van der Waals surface area contributed by atoms with Crippen LogP contribution in [0, 0.1) is 0 Å². The van der Waals surface area contributed by atoms with Crippen LogP contribution in [0.4, 0.5) is 0 Å². The quantitative estimate of drug-likeness (QED) is 0.668. The predicted octanol–water partition coefficient (Wildman–Crippen LogP) is 1.42. The first-order valence-corrected chi connectivity index (χ1v) is 8.66. The van der Waals surface area contributed by atoms with Gasteiger partial charge < -0.3 is 5.32 Å². The van der Waals surface area contributed by atoms with Crippen molar-refractivity contribution in [2.75, 3.05) is 6.54 Å². The number of imide groups is 1. The predicted molar refractivity (Wildman–Crippen MR) is 95.9 cm³/mol. The molecule has 1 aliphatic heterocycles. The molecule has 1 aromatic carbocycles. The number of pyridine rings is 1. The molecule has 0 unspecified atom stereocenters. The fourth-order valence-corrected chi connectivity index (χ4v) is 3.12. The van der Waals surface area contributed by atoms with E-state index in [9.17, 15) is 14.4 Å². The van der Waals surface area contributed by atoms with Crippen LogP contribution in [0.3, 0.4) is 0 Å². The molecule has 4 rings (SSSR count). The average Bonchev–Trinajstić information content (AvgIpc) is 3.21. The number of benzene rings is 1. The smallest absolute Gasteiger partial charge is 0.261 e. The Bertz CT molecular complexity index is 1010. The summed E-state index contributed by atoms with van der Waals surface area (Å²) < 4.78 is 1.80. The normalized spacial score (nSPS) is 13.3. The van der Waals surface area contributed by atoms with Crippen LogP contribution in [0.1, 0.15) is 39.4 Å². The summed E-state index contributed by atoms with van der Waals surface area (Å²) in [5.41, 5.74) is 1.56. The zero-order chi connectivity index (χ0) is 18.8. The first-order valence-electron chi connectivity index (χ1n) is 8.66. The van der Waals surface area contributed by atoms with Crippen LogP contribution in [0.2, 0.25) is 0 Å². The molecule has 3 amide bonds. The van der Waals surface area contributed by atoms with Crippen molar-refractivity contribution < 1.29 is 14.4 Å². The Hall–Kier alpha value is -3.55. The SMILES string of the molecule is O=C(CCCN1C(=O)c2ccccc2C1=O)NCc1nnc2ccccn12. The topological polar surface area (TPSA) is 96.7 Å². The lowest BCUT2D eigenvalue weighted by Gasteiger charge is -2.13. The van der Waals surface area contributed by atoms with Gasteiger partial charge in [0.05, 0.1) is 17.7 Å². The van der Waals surface area contributed by atoms with E-state index in [1.165, 1.54) is 4.90 Å². The summed E-state index contributed by atoms with van der Waals surface area (Å²) in [6.45, 7) is 0.477. The summed E-state index contributed by atoms with van der Waals surface area (Å²) in [5.74, 6) is -0.129. The Morgan fingerprint density at radius 2 is 1.67 bits per heavy atom. The molecule has 0 saturated carbocycles. The number of nitrogens with zero attached hydrogens (tertiary/aromatic N) is 4. The van der Waals surface area contributed by atoms with E-state index in [4.69, 9.17) is 0 Å². The van der Waals surface area contributed by atoms with Crippen molar-refractivity contribution in [2.24, 2.45) is 0 Å². The Morgan fingerprint density at radius 3 is 2.41 bits per heavy atom. The second-order valence-corrected chi connectivity index (χ2v) is 6.23. The number of amides is 3. The van der Waals surface area contributed by atoms with Gasteiger partial charge in [0.15, 0.2) is 11.5 Å². The largest absolute Gasteiger partial charge is 0.349 e. The van der Waals surface area contributed by atoms with Crippen LogP contribution in [0.15, 0.2) is 48.7 Å². The zero-order valence-electron chi connectivity index (χ0n) is 14.5. The minimum Gasteiger partial charge on any atom is -0.349 e. The molecule has 0 fully saturated rings. The molecule has 2 aromatic heterocycles. The van der Waals surface area contributed by atoms with Crippen molar-refractivity contribution in [2.45, 2.75) is 19.4 Å². The average molecular weight is 363 g/mol. The summed E-state index contributed by atoms with van der Waals surface area (Å²) in [6, 6.07) is 12.3. The van der Waals surface area contributed by atoms with Gasteiger partial charge in [0.2, 0.25) is 5.91 Å². The van der Waals surface area contributed by atoms with Crippen molar-refractivity contribution in [3.63, 3.8) is 0 Å². The number of nitrogens with one attached hydrogen (secondary N) is 1. The molecule has 0 spiro atoms. The molecule has 136 valence electrons. The highest BCUT2D eigenvalue weighted by molar-refractivity contribution is 6.21. The van der Waals surface area contributed by atoms with E-state index in [-0.39, 0.29) is 37.2 Å². The van der Waals surface area contributed by atoms with E-state index in [2.05, 4.69) is 15.5 Å². The molecule has 0 saturated heterocycles. The van der Waals surface area contributed by atoms with E-state index in [1.807, 2.05) is 24.4 Å². The van der Waals surface area contributed by atoms with Crippen LogP contribution < -0.4 is 5.32 Å². The summed E-state index contributed by atoms with van der Waals surface area (Å²) >= 11 is 0. The van der Waals surface area contributed by atoms with E-state index < -0.39 is 0 Å². The fraction of sp³-hybridized carbons (Fsp3) is 0.211. The molecule has 3 heterocycles. The second kappa shape index (κ2) is 6.99. The van der Waals surface area contributed by atoms with E-state index in [1.54, 1.807) is 28.7 Å². The lowest BCUT2D eigenvalue weighted by molar-refractivity contribution is -0.121. The monoisotopic (exact) mass is 363 g/mol. The number of hydrogen-bond donors (Lipinski definition) is 1. The number of aromatic nitrogens is 3. The molecule has 1 N–H and O–H groups in total. The third-order valence-corrected chi connectivity index (χ3v) is 4.49. The van der Waals surface area contributed by atoms with E-state index >= 15 is 0 Å². The summed E-state index contributed by atoms with van der Waals surface area (Å²) in [7, 11) is 0. The summed E-state index contributed by atoms with van der Waals surface area (Å²) in [6.07, 6.45) is 2.45. The van der Waals surface area contributed by atoms with Crippen molar-refractivity contribution in [3.05, 3.63) is 65.6 Å². The second-order valence-electron chi connectivity index (χ2n) is 6.23. The van der Waals surface area contributed by atoms with Gasteiger partial charge in [-0.1, -0.05) is 18.2 Å². The molecule has 1 aliphatic rings. The zero-order valence-corrected chi connectivity index (χ0v) is 14.5. The number of carbonyl (C=O) groups excluding carboxylic acids is 3. The first kappa shape index (κ1) is 16.9. The number of hydrogen-bond acceptors (Lipinski definition) is 5. The van der Waals surface area contributed by atoms with Gasteiger partial charge in [-0.05, 0) is 30.7 Å². The minimum atomic E-state index is -0.300. The Kier molecular flexibility index (Phi) is 4.37. The number of carbonyl (C=O) groups is 3. The maximum absolute atomic E-state index is 12.3. The van der Waals surface area contributed by atoms with Crippen LogP contribution in [0.5, 0.6) is 0 Å². The van der Waals surface area contributed by atoms with Gasteiger partial charge in [-0.3, -0.25) is 23.7 Å². The Labute approximate surface area is 154 Å². The first-order chi connectivity index (χ1) is 13.1. The molecule has 0 aliphatic carbocycles. The van der Waals surface area contributed by atoms with Crippen LogP contribution >= 0.6 is 0 Å². The van der Waals surface area contributed by atoms with Crippen molar-refractivity contribution in [3.8, 4) is 0 Å². The number of rotatable bonds is 6. The maximum atomic E-state index is 12.3. The van der Waals surface area contributed by atoms with Crippen LogP contribution in [0.25, 0.3) is 5.65 Å². The lowest BCUT2D eigenvalue weighted by Crippen LogP contribution is -2.32. The van der Waals surface area contributed by atoms with Crippen LogP contribution in [-0.2, 0) is 11.3 Å². The van der Waals surface area contributed by atoms with Gasteiger partial charge in [0.25, 0.3) is 11.8 Å². The van der Waals surface area contributed by atoms with Crippen molar-refractivity contribution >= 4 is 23.4 Å². The van der Waals surface area contributed by atoms with Gasteiger partial charge in [0.1, 0.15) is 0 Å². The van der Waals surface area contributed by atoms with Gasteiger partial charge in [-0.25, -0.2) is 0 Å².